The molecule has 3 aromatic rings. The second kappa shape index (κ2) is 8.11. The molecule has 0 spiro atoms. The van der Waals surface area contributed by atoms with Crippen molar-refractivity contribution >= 4 is 16.8 Å². The van der Waals surface area contributed by atoms with Crippen molar-refractivity contribution in [1.82, 2.24) is 9.88 Å². The Morgan fingerprint density at radius 3 is 2.69 bits per heavy atom. The topological polar surface area (TPSA) is 62.4 Å². The van der Waals surface area contributed by atoms with Crippen LogP contribution in [-0.2, 0) is 6.54 Å². The summed E-state index contributed by atoms with van der Waals surface area (Å²) in [5.74, 6) is 0.598. The van der Waals surface area contributed by atoms with Crippen molar-refractivity contribution in [1.29, 1.82) is 0 Å². The third kappa shape index (κ3) is 4.04. The number of benzene rings is 2. The van der Waals surface area contributed by atoms with E-state index < -0.39 is 0 Å². The molecule has 29 heavy (non-hydrogen) atoms. The van der Waals surface area contributed by atoms with Crippen molar-refractivity contribution in [2.45, 2.75) is 45.2 Å². The predicted molar refractivity (Wildman–Crippen MR) is 114 cm³/mol. The Morgan fingerprint density at radius 2 is 1.93 bits per heavy atom. The van der Waals surface area contributed by atoms with E-state index in [1.165, 1.54) is 0 Å². The fraction of sp³-hybridized carbons (Fsp3) is 0.333. The Kier molecular flexibility index (Phi) is 5.38. The molecule has 5 nitrogen and oxygen atoms in total. The number of fused-ring (bicyclic) bond motifs is 1. The lowest BCUT2D eigenvalue weighted by atomic mass is 10.1. The first-order valence-corrected chi connectivity index (χ1v) is 10.1. The van der Waals surface area contributed by atoms with Crippen LogP contribution in [0.1, 0.15) is 47.2 Å². The van der Waals surface area contributed by atoms with Crippen LogP contribution < -0.4 is 10.3 Å². The van der Waals surface area contributed by atoms with Gasteiger partial charge < -0.3 is 14.6 Å². The molecule has 0 unspecified atom stereocenters. The largest absolute Gasteiger partial charge is 0.497 e. The van der Waals surface area contributed by atoms with Gasteiger partial charge in [-0.1, -0.05) is 30.5 Å². The molecule has 4 rings (SSSR count). The smallest absolute Gasteiger partial charge is 0.254 e. The number of carbonyl (C=O) groups is 1. The molecule has 1 aliphatic rings. The first kappa shape index (κ1) is 19.2. The summed E-state index contributed by atoms with van der Waals surface area (Å²) in [6.07, 6.45) is 4.17. The van der Waals surface area contributed by atoms with E-state index in [-0.39, 0.29) is 17.5 Å². The number of hydrogen-bond acceptors (Lipinski definition) is 3. The minimum atomic E-state index is -0.136. The Labute approximate surface area is 170 Å². The third-order valence-electron chi connectivity index (χ3n) is 5.76. The number of carbonyl (C=O) groups excluding carboxylic acids is 1. The maximum Gasteiger partial charge on any atom is 0.254 e. The number of ether oxygens (including phenoxy) is 1. The summed E-state index contributed by atoms with van der Waals surface area (Å²) in [4.78, 5) is 30.9. The number of amides is 1. The molecule has 1 amide bonds. The molecule has 150 valence electrons. The molecule has 1 fully saturated rings. The molecule has 1 aliphatic carbocycles. The molecule has 1 N–H and O–H groups in total. The molecular weight excluding hydrogens is 364 g/mol. The van der Waals surface area contributed by atoms with Crippen LogP contribution in [0.2, 0.25) is 0 Å². The van der Waals surface area contributed by atoms with E-state index in [2.05, 4.69) is 11.1 Å². The summed E-state index contributed by atoms with van der Waals surface area (Å²) in [6, 6.07) is 15.2. The predicted octanol–water partition coefficient (Wildman–Crippen LogP) is 4.43. The molecular formula is C24H26N2O3. The van der Waals surface area contributed by atoms with Crippen LogP contribution in [-0.4, -0.2) is 28.9 Å². The fourth-order valence-corrected chi connectivity index (χ4v) is 4.18. The number of aromatic amines is 1. The second-order valence-electron chi connectivity index (χ2n) is 7.82. The fourth-order valence-electron chi connectivity index (χ4n) is 4.18. The van der Waals surface area contributed by atoms with E-state index in [1.54, 1.807) is 19.2 Å². The van der Waals surface area contributed by atoms with Gasteiger partial charge in [-0.2, -0.15) is 0 Å². The molecule has 1 heterocycles. The van der Waals surface area contributed by atoms with Crippen molar-refractivity contribution < 1.29 is 9.53 Å². The first-order valence-electron chi connectivity index (χ1n) is 10.1. The van der Waals surface area contributed by atoms with Gasteiger partial charge in [0, 0.05) is 22.7 Å². The van der Waals surface area contributed by atoms with Gasteiger partial charge in [-0.15, -0.1) is 0 Å². The highest BCUT2D eigenvalue weighted by Gasteiger charge is 2.28. The maximum atomic E-state index is 13.4. The SMILES string of the molecule is COc1cccc(C(=O)N(Cc2cc3cc(C)ccc3[nH]c2=O)C2CCCC2)c1. The lowest BCUT2D eigenvalue weighted by Gasteiger charge is -2.29. The van der Waals surface area contributed by atoms with E-state index in [1.807, 2.05) is 42.2 Å². The normalized spacial score (nSPS) is 14.3. The third-order valence-corrected chi connectivity index (χ3v) is 5.76. The van der Waals surface area contributed by atoms with Gasteiger partial charge in [0.05, 0.1) is 13.7 Å². The van der Waals surface area contributed by atoms with Crippen LogP contribution in [0.3, 0.4) is 0 Å². The number of nitrogens with zero attached hydrogens (tertiary/aromatic N) is 1. The van der Waals surface area contributed by atoms with Crippen LogP contribution >= 0.6 is 0 Å². The maximum absolute atomic E-state index is 13.4. The average molecular weight is 390 g/mol. The summed E-state index contributed by atoms with van der Waals surface area (Å²) in [7, 11) is 1.59. The zero-order valence-corrected chi connectivity index (χ0v) is 16.9. The van der Waals surface area contributed by atoms with Gasteiger partial charge in [-0.25, -0.2) is 0 Å². The van der Waals surface area contributed by atoms with Gasteiger partial charge in [-0.3, -0.25) is 9.59 Å². The minimum Gasteiger partial charge on any atom is -0.497 e. The van der Waals surface area contributed by atoms with Gasteiger partial charge in [-0.05, 0) is 61.5 Å². The summed E-state index contributed by atoms with van der Waals surface area (Å²) in [6.45, 7) is 2.33. The molecule has 0 bridgehead atoms. The lowest BCUT2D eigenvalue weighted by Crippen LogP contribution is -2.39. The summed E-state index contributed by atoms with van der Waals surface area (Å²) >= 11 is 0. The van der Waals surface area contributed by atoms with Gasteiger partial charge >= 0.3 is 0 Å². The number of pyridine rings is 1. The first-order chi connectivity index (χ1) is 14.0. The van der Waals surface area contributed by atoms with Crippen LogP contribution in [0.25, 0.3) is 10.9 Å². The summed E-state index contributed by atoms with van der Waals surface area (Å²) in [5.41, 5.74) is 3.02. The van der Waals surface area contributed by atoms with Crippen molar-refractivity contribution in [2.24, 2.45) is 0 Å². The second-order valence-corrected chi connectivity index (χ2v) is 7.82. The number of aromatic nitrogens is 1. The minimum absolute atomic E-state index is 0.0560. The van der Waals surface area contributed by atoms with Crippen LogP contribution in [0.15, 0.2) is 53.3 Å². The van der Waals surface area contributed by atoms with E-state index in [9.17, 15) is 9.59 Å². The number of aryl methyl sites for hydroxylation is 1. The number of rotatable bonds is 5. The Morgan fingerprint density at radius 1 is 1.14 bits per heavy atom. The van der Waals surface area contributed by atoms with Crippen LogP contribution in [0.5, 0.6) is 5.75 Å². The standard InChI is InChI=1S/C24H26N2O3/c1-16-10-11-22-18(12-16)13-19(23(27)25-22)15-26(20-7-3-4-8-20)24(28)17-6-5-9-21(14-17)29-2/h5-6,9-14,20H,3-4,7-8,15H2,1-2H3,(H,25,27). The van der Waals surface area contributed by atoms with E-state index >= 15 is 0 Å². The van der Waals surface area contributed by atoms with Crippen molar-refractivity contribution in [3.8, 4) is 5.75 Å². The van der Waals surface area contributed by atoms with Crippen molar-refractivity contribution in [3.05, 3.63) is 75.6 Å². The highest BCUT2D eigenvalue weighted by molar-refractivity contribution is 5.95. The molecule has 0 aliphatic heterocycles. The van der Waals surface area contributed by atoms with E-state index in [4.69, 9.17) is 4.74 Å². The zero-order valence-electron chi connectivity index (χ0n) is 16.9. The van der Waals surface area contributed by atoms with Crippen LogP contribution in [0.4, 0.5) is 0 Å². The molecule has 0 saturated heterocycles. The van der Waals surface area contributed by atoms with Crippen molar-refractivity contribution in [3.63, 3.8) is 0 Å². The number of nitrogens with one attached hydrogen (secondary N) is 1. The molecule has 0 atom stereocenters. The highest BCUT2D eigenvalue weighted by Crippen LogP contribution is 2.27. The highest BCUT2D eigenvalue weighted by atomic mass is 16.5. The number of methoxy groups -OCH3 is 1. The van der Waals surface area contributed by atoms with Gasteiger partial charge in [0.25, 0.3) is 11.5 Å². The van der Waals surface area contributed by atoms with Gasteiger partial charge in [0.2, 0.25) is 0 Å². The monoisotopic (exact) mass is 390 g/mol. The number of hydrogen-bond donors (Lipinski definition) is 1. The molecule has 1 saturated carbocycles. The van der Waals surface area contributed by atoms with Gasteiger partial charge in [0.15, 0.2) is 0 Å². The molecule has 0 radical (unpaired) electrons. The summed E-state index contributed by atoms with van der Waals surface area (Å²) < 4.78 is 5.28. The zero-order chi connectivity index (χ0) is 20.4. The quantitative estimate of drug-likeness (QED) is 0.701. The lowest BCUT2D eigenvalue weighted by molar-refractivity contribution is 0.0663. The van der Waals surface area contributed by atoms with Gasteiger partial charge in [0.1, 0.15) is 5.75 Å². The van der Waals surface area contributed by atoms with Crippen molar-refractivity contribution in [2.75, 3.05) is 7.11 Å². The average Bonchev–Trinajstić information content (AvgIpc) is 3.26. The molecule has 2 aromatic carbocycles. The molecule has 1 aromatic heterocycles. The number of H-pyrrole nitrogens is 1. The Hall–Kier alpha value is -3.08. The Bertz CT molecular complexity index is 1100. The molecule has 5 heteroatoms. The summed E-state index contributed by atoms with van der Waals surface area (Å²) in [5, 5.41) is 0.986. The van der Waals surface area contributed by atoms with Crippen LogP contribution in [0, 0.1) is 6.92 Å². The van der Waals surface area contributed by atoms with E-state index in [0.29, 0.717) is 23.4 Å². The Balaban J connectivity index is 1.71. The van der Waals surface area contributed by atoms with E-state index in [0.717, 1.165) is 42.1 Å².